The van der Waals surface area contributed by atoms with Crippen LogP contribution in [0.4, 0.5) is 0 Å². The summed E-state index contributed by atoms with van der Waals surface area (Å²) in [6, 6.07) is -0.0923. The topological polar surface area (TPSA) is 63.7 Å². The summed E-state index contributed by atoms with van der Waals surface area (Å²) in [4.78, 5) is 18.9. The van der Waals surface area contributed by atoms with Crippen LogP contribution in [0.1, 0.15) is 41.2 Å². The highest BCUT2D eigenvalue weighted by Gasteiger charge is 2.30. The minimum Gasteiger partial charge on any atom is -0.379 e. The zero-order valence-corrected chi connectivity index (χ0v) is 15.3. The molecule has 24 heavy (non-hydrogen) atoms. The molecule has 1 saturated heterocycles. The van der Waals surface area contributed by atoms with Gasteiger partial charge < -0.3 is 19.7 Å². The Balaban J connectivity index is 1.53. The van der Waals surface area contributed by atoms with Crippen LogP contribution < -0.4 is 5.32 Å². The molecule has 0 unspecified atom stereocenters. The molecule has 1 aliphatic carbocycles. The molecule has 1 saturated carbocycles. The van der Waals surface area contributed by atoms with Crippen LogP contribution >= 0.6 is 11.3 Å². The minimum absolute atomic E-state index is 0.0446. The van der Waals surface area contributed by atoms with Gasteiger partial charge in [-0.3, -0.25) is 4.79 Å². The molecular formula is C17H27N3O3S. The van der Waals surface area contributed by atoms with E-state index in [0.29, 0.717) is 24.8 Å². The molecule has 1 N–H and O–H groups in total. The SMILES string of the molecule is CN(C)Cc1nc(C(=O)N[C@@H]2COCC[C@@H]2OCC2CCC2)cs1. The molecule has 2 aliphatic rings. The van der Waals surface area contributed by atoms with Gasteiger partial charge in [0.1, 0.15) is 10.7 Å². The molecule has 6 nitrogen and oxygen atoms in total. The maximum atomic E-state index is 12.5. The van der Waals surface area contributed by atoms with Crippen molar-refractivity contribution in [1.29, 1.82) is 0 Å². The Kier molecular flexibility index (Phi) is 6.21. The second-order valence-corrected chi connectivity index (χ2v) is 7.92. The van der Waals surface area contributed by atoms with Gasteiger partial charge in [-0.15, -0.1) is 11.3 Å². The first kappa shape index (κ1) is 17.8. The number of thiazole rings is 1. The third-order valence-electron chi connectivity index (χ3n) is 4.62. The molecule has 2 atom stereocenters. The van der Waals surface area contributed by atoms with E-state index in [1.807, 2.05) is 24.4 Å². The smallest absolute Gasteiger partial charge is 0.271 e. The van der Waals surface area contributed by atoms with Crippen molar-refractivity contribution < 1.29 is 14.3 Å². The van der Waals surface area contributed by atoms with Gasteiger partial charge in [0, 0.05) is 25.1 Å². The zero-order chi connectivity index (χ0) is 16.9. The lowest BCUT2D eigenvalue weighted by Crippen LogP contribution is -2.51. The summed E-state index contributed by atoms with van der Waals surface area (Å²) in [7, 11) is 3.98. The third kappa shape index (κ3) is 4.75. The largest absolute Gasteiger partial charge is 0.379 e. The number of hydrogen-bond acceptors (Lipinski definition) is 6. The van der Waals surface area contributed by atoms with Crippen molar-refractivity contribution in [3.05, 3.63) is 16.1 Å². The van der Waals surface area contributed by atoms with E-state index in [2.05, 4.69) is 10.3 Å². The van der Waals surface area contributed by atoms with E-state index in [1.165, 1.54) is 30.6 Å². The third-order valence-corrected chi connectivity index (χ3v) is 5.45. The Morgan fingerprint density at radius 3 is 3.00 bits per heavy atom. The average Bonchev–Trinajstić information content (AvgIpc) is 2.95. The molecule has 1 aliphatic heterocycles. The summed E-state index contributed by atoms with van der Waals surface area (Å²) in [6.07, 6.45) is 4.74. The number of amides is 1. The Morgan fingerprint density at radius 1 is 1.46 bits per heavy atom. The van der Waals surface area contributed by atoms with Crippen LogP contribution in [0.3, 0.4) is 0 Å². The Labute approximate surface area is 147 Å². The van der Waals surface area contributed by atoms with E-state index in [0.717, 1.165) is 24.6 Å². The van der Waals surface area contributed by atoms with Gasteiger partial charge in [0.25, 0.3) is 5.91 Å². The summed E-state index contributed by atoms with van der Waals surface area (Å²) in [5, 5.41) is 5.82. The Hall–Kier alpha value is -1.02. The maximum absolute atomic E-state index is 12.5. The van der Waals surface area contributed by atoms with Gasteiger partial charge in [0.2, 0.25) is 0 Å². The number of carbonyl (C=O) groups excluding carboxylic acids is 1. The monoisotopic (exact) mass is 353 g/mol. The molecule has 7 heteroatoms. The molecule has 134 valence electrons. The van der Waals surface area contributed by atoms with Gasteiger partial charge in [-0.2, -0.15) is 0 Å². The molecular weight excluding hydrogens is 326 g/mol. The van der Waals surface area contributed by atoms with Crippen LogP contribution in [-0.4, -0.2) is 61.9 Å². The number of nitrogens with zero attached hydrogens (tertiary/aromatic N) is 2. The van der Waals surface area contributed by atoms with Gasteiger partial charge in [-0.1, -0.05) is 6.42 Å². The molecule has 2 heterocycles. The highest BCUT2D eigenvalue weighted by Crippen LogP contribution is 2.27. The van der Waals surface area contributed by atoms with Crippen molar-refractivity contribution in [3.8, 4) is 0 Å². The number of rotatable bonds is 7. The number of ether oxygens (including phenoxy) is 2. The van der Waals surface area contributed by atoms with Crippen molar-refractivity contribution >= 4 is 17.2 Å². The molecule has 0 aromatic carbocycles. The summed E-state index contributed by atoms with van der Waals surface area (Å²) in [5.74, 6) is 0.570. The maximum Gasteiger partial charge on any atom is 0.271 e. The molecule has 1 aromatic rings. The van der Waals surface area contributed by atoms with E-state index in [4.69, 9.17) is 9.47 Å². The zero-order valence-electron chi connectivity index (χ0n) is 14.5. The van der Waals surface area contributed by atoms with Gasteiger partial charge in [0.15, 0.2) is 0 Å². The average molecular weight is 353 g/mol. The minimum atomic E-state index is -0.135. The normalized spacial score (nSPS) is 24.8. The summed E-state index contributed by atoms with van der Waals surface area (Å²) < 4.78 is 11.6. The molecule has 0 spiro atoms. The number of aromatic nitrogens is 1. The first-order valence-electron chi connectivity index (χ1n) is 8.71. The molecule has 2 fully saturated rings. The quantitative estimate of drug-likeness (QED) is 0.811. The van der Waals surface area contributed by atoms with Gasteiger partial charge in [-0.05, 0) is 39.3 Å². The number of nitrogens with one attached hydrogen (secondary N) is 1. The number of carbonyl (C=O) groups is 1. The highest BCUT2D eigenvalue weighted by molar-refractivity contribution is 7.09. The van der Waals surface area contributed by atoms with E-state index < -0.39 is 0 Å². The van der Waals surface area contributed by atoms with E-state index in [9.17, 15) is 4.79 Å². The second kappa shape index (κ2) is 8.38. The fourth-order valence-electron chi connectivity index (χ4n) is 2.97. The summed E-state index contributed by atoms with van der Waals surface area (Å²) in [6.45, 7) is 2.76. The van der Waals surface area contributed by atoms with Crippen LogP contribution in [0.2, 0.25) is 0 Å². The number of hydrogen-bond donors (Lipinski definition) is 1. The summed E-state index contributed by atoms with van der Waals surface area (Å²) in [5.41, 5.74) is 0.486. The van der Waals surface area contributed by atoms with Crippen LogP contribution in [0, 0.1) is 5.92 Å². The van der Waals surface area contributed by atoms with E-state index in [-0.39, 0.29) is 18.1 Å². The first-order chi connectivity index (χ1) is 11.6. The lowest BCUT2D eigenvalue weighted by Gasteiger charge is -2.34. The fourth-order valence-corrected chi connectivity index (χ4v) is 3.86. The van der Waals surface area contributed by atoms with Gasteiger partial charge in [0.05, 0.1) is 18.8 Å². The van der Waals surface area contributed by atoms with Crippen LogP contribution in [-0.2, 0) is 16.0 Å². The van der Waals surface area contributed by atoms with Crippen molar-refractivity contribution in [2.45, 2.75) is 44.4 Å². The Morgan fingerprint density at radius 2 is 2.29 bits per heavy atom. The molecule has 0 radical (unpaired) electrons. The van der Waals surface area contributed by atoms with E-state index in [1.54, 1.807) is 0 Å². The van der Waals surface area contributed by atoms with Crippen LogP contribution in [0.15, 0.2) is 5.38 Å². The predicted octanol–water partition coefficient (Wildman–Crippen LogP) is 1.91. The second-order valence-electron chi connectivity index (χ2n) is 6.98. The highest BCUT2D eigenvalue weighted by atomic mass is 32.1. The van der Waals surface area contributed by atoms with Crippen molar-refractivity contribution in [2.24, 2.45) is 5.92 Å². The van der Waals surface area contributed by atoms with Crippen molar-refractivity contribution in [2.75, 3.05) is 33.9 Å². The van der Waals surface area contributed by atoms with Crippen LogP contribution in [0.25, 0.3) is 0 Å². The molecule has 1 aromatic heterocycles. The molecule has 0 bridgehead atoms. The van der Waals surface area contributed by atoms with E-state index >= 15 is 0 Å². The first-order valence-corrected chi connectivity index (χ1v) is 9.59. The van der Waals surface area contributed by atoms with Crippen molar-refractivity contribution in [1.82, 2.24) is 15.2 Å². The molecule has 3 rings (SSSR count). The van der Waals surface area contributed by atoms with Gasteiger partial charge >= 0.3 is 0 Å². The van der Waals surface area contributed by atoms with Crippen molar-refractivity contribution in [3.63, 3.8) is 0 Å². The Bertz CT molecular complexity index is 545. The summed E-state index contributed by atoms with van der Waals surface area (Å²) >= 11 is 1.52. The predicted molar refractivity (Wildman–Crippen MR) is 93.3 cm³/mol. The standard InChI is InChI=1S/C17H27N3O3S/c1-20(2)8-16-18-14(11-24-16)17(21)19-13-10-22-7-6-15(13)23-9-12-4-3-5-12/h11-13,15H,3-10H2,1-2H3,(H,19,21)/t13-,15+/m1/s1. The lowest BCUT2D eigenvalue weighted by atomic mass is 9.86. The fraction of sp³-hybridized carbons (Fsp3) is 0.765. The van der Waals surface area contributed by atoms with Crippen LogP contribution in [0.5, 0.6) is 0 Å². The molecule has 1 amide bonds. The van der Waals surface area contributed by atoms with Gasteiger partial charge in [-0.25, -0.2) is 4.98 Å². The lowest BCUT2D eigenvalue weighted by molar-refractivity contribution is -0.0697.